The molecule has 1 aromatic heterocycles. The van der Waals surface area contributed by atoms with Gasteiger partial charge in [-0.3, -0.25) is 19.5 Å². The maximum Gasteiger partial charge on any atom is 0.319 e. The summed E-state index contributed by atoms with van der Waals surface area (Å²) in [6, 6.07) is 6.14. The first-order valence-electron chi connectivity index (χ1n) is 9.03. The summed E-state index contributed by atoms with van der Waals surface area (Å²) in [6.45, 7) is -2.08. The highest BCUT2D eigenvalue weighted by atomic mass is 19.3. The van der Waals surface area contributed by atoms with Gasteiger partial charge in [-0.05, 0) is 31.4 Å². The number of carbonyl (C=O) groups excluding carboxylic acids is 1. The Morgan fingerprint density at radius 1 is 1.36 bits per heavy atom. The molecular weight excluding hydrogens is 372 g/mol. The maximum atomic E-state index is 13.0. The number of hydrogen-bond acceptors (Lipinski definition) is 5. The molecule has 1 fully saturated rings. The third-order valence-corrected chi connectivity index (χ3v) is 4.55. The Kier molecular flexibility index (Phi) is 6.17. The molecule has 0 saturated heterocycles. The van der Waals surface area contributed by atoms with Crippen LogP contribution in [-0.2, 0) is 11.3 Å². The number of nitro benzene ring substituents is 1. The van der Waals surface area contributed by atoms with E-state index in [9.17, 15) is 23.7 Å². The zero-order chi connectivity index (χ0) is 20.1. The summed E-state index contributed by atoms with van der Waals surface area (Å²) < 4.78 is 26.7. The summed E-state index contributed by atoms with van der Waals surface area (Å²) in [5, 5.41) is 13.7. The van der Waals surface area contributed by atoms with Gasteiger partial charge in [-0.1, -0.05) is 0 Å². The maximum absolute atomic E-state index is 13.0. The second-order valence-electron chi connectivity index (χ2n) is 6.62. The standard InChI is InChI=1S/C18H21F2N5O3/c19-18(20)23-11-10-22-16(23)12-24(14-7-8-14)17(26)2-1-9-21-13-3-5-15(6-4-13)25(27)28/h3-6,10-11,14,18,21H,1-2,7-9,12H2. The Morgan fingerprint density at radius 2 is 2.07 bits per heavy atom. The highest BCUT2D eigenvalue weighted by Gasteiger charge is 2.33. The van der Waals surface area contributed by atoms with Gasteiger partial charge >= 0.3 is 6.55 Å². The summed E-state index contributed by atoms with van der Waals surface area (Å²) in [5.74, 6) is 0.0936. The zero-order valence-electron chi connectivity index (χ0n) is 15.1. The molecule has 8 nitrogen and oxygen atoms in total. The summed E-state index contributed by atoms with van der Waals surface area (Å²) in [4.78, 5) is 28.3. The topological polar surface area (TPSA) is 93.3 Å². The van der Waals surface area contributed by atoms with Crippen molar-refractivity contribution in [3.63, 3.8) is 0 Å². The molecule has 28 heavy (non-hydrogen) atoms. The van der Waals surface area contributed by atoms with Crippen molar-refractivity contribution in [2.45, 2.75) is 44.8 Å². The van der Waals surface area contributed by atoms with Crippen molar-refractivity contribution in [2.75, 3.05) is 11.9 Å². The smallest absolute Gasteiger partial charge is 0.319 e. The number of nitrogens with one attached hydrogen (secondary N) is 1. The predicted octanol–water partition coefficient (Wildman–Crippen LogP) is 3.57. The van der Waals surface area contributed by atoms with E-state index in [-0.39, 0.29) is 36.4 Å². The molecule has 1 aromatic carbocycles. The minimum Gasteiger partial charge on any atom is -0.385 e. The van der Waals surface area contributed by atoms with Gasteiger partial charge in [0.1, 0.15) is 5.82 Å². The van der Waals surface area contributed by atoms with Gasteiger partial charge in [0, 0.05) is 49.2 Å². The summed E-state index contributed by atoms with van der Waals surface area (Å²) in [5.41, 5.74) is 0.749. The number of halogens is 2. The lowest BCUT2D eigenvalue weighted by Crippen LogP contribution is -2.33. The molecule has 0 spiro atoms. The number of anilines is 1. The number of nitro groups is 1. The Morgan fingerprint density at radius 3 is 2.68 bits per heavy atom. The molecule has 1 heterocycles. The monoisotopic (exact) mass is 393 g/mol. The number of aromatic nitrogens is 2. The molecule has 1 N–H and O–H groups in total. The van der Waals surface area contributed by atoms with Crippen molar-refractivity contribution in [1.29, 1.82) is 0 Å². The second kappa shape index (κ2) is 8.77. The lowest BCUT2D eigenvalue weighted by Gasteiger charge is -2.22. The van der Waals surface area contributed by atoms with Crippen LogP contribution in [0.3, 0.4) is 0 Å². The molecule has 0 atom stereocenters. The molecule has 150 valence electrons. The third kappa shape index (κ3) is 5.02. The first kappa shape index (κ1) is 19.7. The number of hydrogen-bond donors (Lipinski definition) is 1. The number of non-ortho nitro benzene ring substituents is 1. The van der Waals surface area contributed by atoms with E-state index in [0.29, 0.717) is 13.0 Å². The number of alkyl halides is 2. The van der Waals surface area contributed by atoms with E-state index in [0.717, 1.165) is 23.1 Å². The molecular formula is C18H21F2N5O3. The van der Waals surface area contributed by atoms with Crippen molar-refractivity contribution in [3.05, 3.63) is 52.6 Å². The van der Waals surface area contributed by atoms with Crippen LogP contribution in [0.2, 0.25) is 0 Å². The van der Waals surface area contributed by atoms with Crippen LogP contribution < -0.4 is 5.32 Å². The fraction of sp³-hybridized carbons (Fsp3) is 0.444. The minimum absolute atomic E-state index is 0.0166. The van der Waals surface area contributed by atoms with E-state index >= 15 is 0 Å². The van der Waals surface area contributed by atoms with E-state index < -0.39 is 11.5 Å². The highest BCUT2D eigenvalue weighted by Crippen LogP contribution is 2.29. The number of rotatable bonds is 10. The molecule has 1 saturated carbocycles. The molecule has 1 amide bonds. The summed E-state index contributed by atoms with van der Waals surface area (Å²) >= 11 is 0. The molecule has 3 rings (SSSR count). The lowest BCUT2D eigenvalue weighted by molar-refractivity contribution is -0.384. The molecule has 0 aliphatic heterocycles. The Bertz CT molecular complexity index is 821. The number of nitrogens with zero attached hydrogens (tertiary/aromatic N) is 4. The molecule has 0 radical (unpaired) electrons. The normalized spacial score (nSPS) is 13.5. The second-order valence-corrected chi connectivity index (χ2v) is 6.62. The first-order chi connectivity index (χ1) is 13.5. The number of benzene rings is 1. The molecule has 10 heteroatoms. The largest absolute Gasteiger partial charge is 0.385 e. The van der Waals surface area contributed by atoms with Crippen LogP contribution in [0, 0.1) is 10.1 Å². The highest BCUT2D eigenvalue weighted by molar-refractivity contribution is 5.76. The minimum atomic E-state index is -2.68. The van der Waals surface area contributed by atoms with Crippen LogP contribution in [0.1, 0.15) is 38.1 Å². The summed E-state index contributed by atoms with van der Waals surface area (Å²) in [6.07, 6.45) is 5.12. The van der Waals surface area contributed by atoms with E-state index in [1.54, 1.807) is 17.0 Å². The van der Waals surface area contributed by atoms with Gasteiger partial charge in [-0.25, -0.2) is 4.98 Å². The van der Waals surface area contributed by atoms with Crippen molar-refractivity contribution < 1.29 is 18.5 Å². The zero-order valence-corrected chi connectivity index (χ0v) is 15.1. The lowest BCUT2D eigenvalue weighted by atomic mass is 10.2. The van der Waals surface area contributed by atoms with Crippen LogP contribution in [0.25, 0.3) is 0 Å². The van der Waals surface area contributed by atoms with Crippen LogP contribution in [0.15, 0.2) is 36.7 Å². The molecule has 1 aliphatic carbocycles. The average Bonchev–Trinajstić information content (AvgIpc) is 3.40. The van der Waals surface area contributed by atoms with E-state index in [4.69, 9.17) is 0 Å². The number of carbonyl (C=O) groups is 1. The fourth-order valence-electron chi connectivity index (χ4n) is 2.92. The van der Waals surface area contributed by atoms with Crippen molar-refractivity contribution >= 4 is 17.3 Å². The van der Waals surface area contributed by atoms with E-state index in [2.05, 4.69) is 10.3 Å². The van der Waals surface area contributed by atoms with Gasteiger partial charge in [-0.15, -0.1) is 0 Å². The molecule has 2 aromatic rings. The third-order valence-electron chi connectivity index (χ3n) is 4.55. The number of amides is 1. The van der Waals surface area contributed by atoms with Gasteiger partial charge in [0.2, 0.25) is 5.91 Å². The Hall–Kier alpha value is -3.04. The first-order valence-corrected chi connectivity index (χ1v) is 9.03. The number of imidazole rings is 1. The summed E-state index contributed by atoms with van der Waals surface area (Å²) in [7, 11) is 0. The fourth-order valence-corrected chi connectivity index (χ4v) is 2.92. The van der Waals surface area contributed by atoms with Crippen LogP contribution in [0.4, 0.5) is 20.2 Å². The van der Waals surface area contributed by atoms with Gasteiger partial charge in [-0.2, -0.15) is 8.78 Å². The predicted molar refractivity (Wildman–Crippen MR) is 97.9 cm³/mol. The van der Waals surface area contributed by atoms with Crippen LogP contribution in [-0.4, -0.2) is 37.9 Å². The SMILES string of the molecule is O=C(CCCNc1ccc([N+](=O)[O-])cc1)N(Cc1nccn1C(F)F)C1CC1. The van der Waals surface area contributed by atoms with Gasteiger partial charge < -0.3 is 10.2 Å². The van der Waals surface area contributed by atoms with E-state index in [1.165, 1.54) is 24.5 Å². The van der Waals surface area contributed by atoms with Crippen molar-refractivity contribution in [1.82, 2.24) is 14.5 Å². The molecule has 0 bridgehead atoms. The van der Waals surface area contributed by atoms with Gasteiger partial charge in [0.15, 0.2) is 0 Å². The molecule has 0 unspecified atom stereocenters. The van der Waals surface area contributed by atoms with Gasteiger partial charge in [0.05, 0.1) is 11.5 Å². The molecule has 1 aliphatic rings. The van der Waals surface area contributed by atoms with Gasteiger partial charge in [0.25, 0.3) is 5.69 Å². The van der Waals surface area contributed by atoms with Crippen molar-refractivity contribution in [2.24, 2.45) is 0 Å². The quantitative estimate of drug-likeness (QED) is 0.378. The average molecular weight is 393 g/mol. The van der Waals surface area contributed by atoms with Crippen LogP contribution >= 0.6 is 0 Å². The Labute approximate surface area is 160 Å². The van der Waals surface area contributed by atoms with Crippen molar-refractivity contribution in [3.8, 4) is 0 Å². The van der Waals surface area contributed by atoms with Crippen LogP contribution in [0.5, 0.6) is 0 Å². The Balaban J connectivity index is 1.48. The van der Waals surface area contributed by atoms with E-state index in [1.807, 2.05) is 0 Å².